The van der Waals surface area contributed by atoms with E-state index in [1.54, 1.807) is 0 Å². The van der Waals surface area contributed by atoms with Gasteiger partial charge in [0.15, 0.2) is 0 Å². The van der Waals surface area contributed by atoms with Crippen LogP contribution < -0.4 is 0 Å². The maximum atomic E-state index is 11.1. The summed E-state index contributed by atoms with van der Waals surface area (Å²) in [4.78, 5) is 13.2. The average Bonchev–Trinajstić information content (AvgIpc) is 2.08. The molecule has 68 valence electrons. The van der Waals surface area contributed by atoms with Gasteiger partial charge in [-0.05, 0) is 13.3 Å². The summed E-state index contributed by atoms with van der Waals surface area (Å²) in [6.07, 6.45) is 2.80. The molecule has 1 fully saturated rings. The van der Waals surface area contributed by atoms with Crippen molar-refractivity contribution >= 4 is 5.97 Å². The molecule has 1 saturated heterocycles. The van der Waals surface area contributed by atoms with Crippen LogP contribution in [0.15, 0.2) is 12.7 Å². The molecule has 0 bridgehead atoms. The molecule has 3 heteroatoms. The van der Waals surface area contributed by atoms with Crippen LogP contribution in [0, 0.1) is 0 Å². The topological polar surface area (TPSA) is 29.5 Å². The Labute approximate surface area is 73.0 Å². The van der Waals surface area contributed by atoms with Crippen LogP contribution in [-0.2, 0) is 9.53 Å². The first kappa shape index (κ1) is 9.26. The lowest BCUT2D eigenvalue weighted by Gasteiger charge is -2.31. The monoisotopic (exact) mass is 169 g/mol. The molecule has 1 atom stereocenters. The SMILES string of the molecule is C=CCCN1CCOC(=O)[C@H]1C. The molecule has 1 heterocycles. The second-order valence-corrected chi connectivity index (χ2v) is 2.96. The van der Waals surface area contributed by atoms with Gasteiger partial charge in [0.2, 0.25) is 0 Å². The van der Waals surface area contributed by atoms with Crippen molar-refractivity contribution < 1.29 is 9.53 Å². The van der Waals surface area contributed by atoms with Gasteiger partial charge >= 0.3 is 5.97 Å². The van der Waals surface area contributed by atoms with E-state index in [4.69, 9.17) is 4.74 Å². The molecule has 1 rings (SSSR count). The summed E-state index contributed by atoms with van der Waals surface area (Å²) < 4.78 is 4.89. The van der Waals surface area contributed by atoms with E-state index in [-0.39, 0.29) is 12.0 Å². The summed E-state index contributed by atoms with van der Waals surface area (Å²) in [5.41, 5.74) is 0. The van der Waals surface area contributed by atoms with E-state index in [9.17, 15) is 4.79 Å². The zero-order valence-electron chi connectivity index (χ0n) is 7.45. The maximum Gasteiger partial charge on any atom is 0.323 e. The second-order valence-electron chi connectivity index (χ2n) is 2.96. The quantitative estimate of drug-likeness (QED) is 0.462. The van der Waals surface area contributed by atoms with E-state index in [2.05, 4.69) is 11.5 Å². The van der Waals surface area contributed by atoms with Gasteiger partial charge in [-0.25, -0.2) is 0 Å². The highest BCUT2D eigenvalue weighted by molar-refractivity contribution is 5.75. The fraction of sp³-hybridized carbons (Fsp3) is 0.667. The molecule has 0 aromatic heterocycles. The fourth-order valence-electron chi connectivity index (χ4n) is 1.29. The van der Waals surface area contributed by atoms with Gasteiger partial charge in [-0.2, -0.15) is 0 Å². The number of nitrogens with zero attached hydrogens (tertiary/aromatic N) is 1. The van der Waals surface area contributed by atoms with Gasteiger partial charge < -0.3 is 4.74 Å². The van der Waals surface area contributed by atoms with Crippen molar-refractivity contribution in [2.75, 3.05) is 19.7 Å². The summed E-state index contributed by atoms with van der Waals surface area (Å²) in [7, 11) is 0. The number of hydrogen-bond acceptors (Lipinski definition) is 3. The van der Waals surface area contributed by atoms with Crippen molar-refractivity contribution in [1.29, 1.82) is 0 Å². The first-order chi connectivity index (χ1) is 5.75. The summed E-state index contributed by atoms with van der Waals surface area (Å²) in [6.45, 7) is 7.80. The predicted molar refractivity (Wildman–Crippen MR) is 46.8 cm³/mol. The van der Waals surface area contributed by atoms with Gasteiger partial charge in [-0.1, -0.05) is 6.08 Å². The molecule has 3 nitrogen and oxygen atoms in total. The lowest BCUT2D eigenvalue weighted by molar-refractivity contribution is -0.156. The Kier molecular flexibility index (Phi) is 3.29. The van der Waals surface area contributed by atoms with Gasteiger partial charge in [-0.3, -0.25) is 9.69 Å². The molecule has 0 N–H and O–H groups in total. The molecule has 1 aliphatic rings. The summed E-state index contributed by atoms with van der Waals surface area (Å²) in [5, 5.41) is 0. The minimum Gasteiger partial charge on any atom is -0.463 e. The molecule has 0 aromatic rings. The Bertz CT molecular complexity index is 179. The van der Waals surface area contributed by atoms with Crippen LogP contribution in [0.3, 0.4) is 0 Å². The van der Waals surface area contributed by atoms with Crippen LogP contribution in [0.5, 0.6) is 0 Å². The highest BCUT2D eigenvalue weighted by Crippen LogP contribution is 2.07. The zero-order valence-corrected chi connectivity index (χ0v) is 7.45. The summed E-state index contributed by atoms with van der Waals surface area (Å²) in [6, 6.07) is -0.0845. The number of cyclic esters (lactones) is 1. The normalized spacial score (nSPS) is 25.1. The zero-order chi connectivity index (χ0) is 8.97. The molecular formula is C9H15NO2. The maximum absolute atomic E-state index is 11.1. The Hall–Kier alpha value is -0.830. The number of esters is 1. The molecule has 0 unspecified atom stereocenters. The Morgan fingerprint density at radius 1 is 1.83 bits per heavy atom. The number of carbonyl (C=O) groups excluding carboxylic acids is 1. The van der Waals surface area contributed by atoms with Gasteiger partial charge in [0.1, 0.15) is 12.6 Å². The third-order valence-corrected chi connectivity index (χ3v) is 2.13. The highest BCUT2D eigenvalue weighted by atomic mass is 16.5. The van der Waals surface area contributed by atoms with Crippen LogP contribution in [-0.4, -0.2) is 36.6 Å². The molecule has 0 amide bonds. The first-order valence-electron chi connectivity index (χ1n) is 4.27. The molecule has 1 aliphatic heterocycles. The molecule has 0 saturated carbocycles. The number of ether oxygens (including phenoxy) is 1. The lowest BCUT2D eigenvalue weighted by Crippen LogP contribution is -2.47. The minimum atomic E-state index is -0.106. The van der Waals surface area contributed by atoms with E-state index in [0.29, 0.717) is 6.61 Å². The number of carbonyl (C=O) groups is 1. The molecule has 0 spiro atoms. The van der Waals surface area contributed by atoms with Gasteiger partial charge in [0, 0.05) is 13.1 Å². The van der Waals surface area contributed by atoms with Crippen molar-refractivity contribution in [3.05, 3.63) is 12.7 Å². The summed E-state index contributed by atoms with van der Waals surface area (Å²) >= 11 is 0. The minimum absolute atomic E-state index is 0.0845. The smallest absolute Gasteiger partial charge is 0.323 e. The van der Waals surface area contributed by atoms with Gasteiger partial charge in [0.25, 0.3) is 0 Å². The largest absolute Gasteiger partial charge is 0.463 e. The van der Waals surface area contributed by atoms with Crippen LogP contribution >= 0.6 is 0 Å². The molecule has 0 aliphatic carbocycles. The number of hydrogen-bond donors (Lipinski definition) is 0. The van der Waals surface area contributed by atoms with Crippen LogP contribution in [0.4, 0.5) is 0 Å². The van der Waals surface area contributed by atoms with Crippen molar-refractivity contribution in [3.8, 4) is 0 Å². The molecule has 12 heavy (non-hydrogen) atoms. The van der Waals surface area contributed by atoms with Crippen LogP contribution in [0.1, 0.15) is 13.3 Å². The fourth-order valence-corrected chi connectivity index (χ4v) is 1.29. The van der Waals surface area contributed by atoms with Crippen molar-refractivity contribution in [2.45, 2.75) is 19.4 Å². The van der Waals surface area contributed by atoms with E-state index in [1.165, 1.54) is 0 Å². The van der Waals surface area contributed by atoms with E-state index >= 15 is 0 Å². The molecular weight excluding hydrogens is 154 g/mol. The highest BCUT2D eigenvalue weighted by Gasteiger charge is 2.26. The van der Waals surface area contributed by atoms with Crippen molar-refractivity contribution in [1.82, 2.24) is 4.90 Å². The van der Waals surface area contributed by atoms with E-state index < -0.39 is 0 Å². The van der Waals surface area contributed by atoms with Crippen molar-refractivity contribution in [3.63, 3.8) is 0 Å². The third kappa shape index (κ3) is 2.08. The van der Waals surface area contributed by atoms with Crippen molar-refractivity contribution in [2.24, 2.45) is 0 Å². The predicted octanol–water partition coefficient (Wildman–Crippen LogP) is 0.810. The van der Waals surface area contributed by atoms with E-state index in [0.717, 1.165) is 19.5 Å². The number of rotatable bonds is 3. The lowest BCUT2D eigenvalue weighted by atomic mass is 10.2. The number of morpholine rings is 1. The Balaban J connectivity index is 2.40. The first-order valence-corrected chi connectivity index (χ1v) is 4.27. The molecule has 0 aromatic carbocycles. The van der Waals surface area contributed by atoms with Gasteiger partial charge in [-0.15, -0.1) is 6.58 Å². The van der Waals surface area contributed by atoms with Crippen LogP contribution in [0.25, 0.3) is 0 Å². The standard InChI is InChI=1S/C9H15NO2/c1-3-4-5-10-6-7-12-9(11)8(10)2/h3,8H,1,4-7H2,2H3/t8-/m1/s1. The molecule has 0 radical (unpaired) electrons. The second kappa shape index (κ2) is 4.26. The van der Waals surface area contributed by atoms with Gasteiger partial charge in [0.05, 0.1) is 0 Å². The Morgan fingerprint density at radius 2 is 2.58 bits per heavy atom. The van der Waals surface area contributed by atoms with Crippen LogP contribution in [0.2, 0.25) is 0 Å². The average molecular weight is 169 g/mol. The summed E-state index contributed by atoms with van der Waals surface area (Å²) in [5.74, 6) is -0.106. The third-order valence-electron chi connectivity index (χ3n) is 2.13. The van der Waals surface area contributed by atoms with E-state index in [1.807, 2.05) is 13.0 Å². The Morgan fingerprint density at radius 3 is 3.25 bits per heavy atom.